The molecule has 1 aromatic heterocycles. The molecule has 0 bridgehead atoms. The summed E-state index contributed by atoms with van der Waals surface area (Å²) in [5.41, 5.74) is 3.59. The van der Waals surface area contributed by atoms with Gasteiger partial charge in [-0.1, -0.05) is 42.0 Å². The van der Waals surface area contributed by atoms with Crippen LogP contribution in [0.1, 0.15) is 22.6 Å². The van der Waals surface area contributed by atoms with Gasteiger partial charge in [-0.15, -0.1) is 0 Å². The highest BCUT2D eigenvalue weighted by atomic mass is 16.6. The van der Waals surface area contributed by atoms with Gasteiger partial charge in [0.2, 0.25) is 0 Å². The third-order valence-electron chi connectivity index (χ3n) is 5.60. The highest BCUT2D eigenvalue weighted by molar-refractivity contribution is 6.10. The van der Waals surface area contributed by atoms with Crippen LogP contribution < -0.4 is 10.1 Å². The summed E-state index contributed by atoms with van der Waals surface area (Å²) in [6, 6.07) is 16.8. The lowest BCUT2D eigenvalue weighted by Crippen LogP contribution is -2.27. The summed E-state index contributed by atoms with van der Waals surface area (Å²) in [5, 5.41) is 27.7. The van der Waals surface area contributed by atoms with Gasteiger partial charge in [0.25, 0.3) is 5.88 Å². The molecular weight excluding hydrogens is 382 g/mol. The first-order valence-electron chi connectivity index (χ1n) is 9.56. The molecule has 0 saturated carbocycles. The molecule has 150 valence electrons. The molecule has 0 fully saturated rings. The molecule has 7 nitrogen and oxygen atoms in total. The van der Waals surface area contributed by atoms with Crippen LogP contribution in [-0.2, 0) is 0 Å². The number of rotatable bonds is 3. The SMILES string of the molecule is CNC1=C([N+](=O)[O-])C(c2ccc3[nH]c4ccccc4c3c2O)c2cc(C)ccc2O1. The monoisotopic (exact) mass is 401 g/mol. The number of H-pyrrole nitrogens is 1. The molecule has 4 aromatic rings. The van der Waals surface area contributed by atoms with E-state index in [9.17, 15) is 15.2 Å². The van der Waals surface area contributed by atoms with E-state index in [2.05, 4.69) is 10.3 Å². The quantitative estimate of drug-likeness (QED) is 0.346. The van der Waals surface area contributed by atoms with E-state index in [0.717, 1.165) is 22.0 Å². The Morgan fingerprint density at radius 2 is 1.90 bits per heavy atom. The maximum Gasteiger partial charge on any atom is 0.317 e. The van der Waals surface area contributed by atoms with Gasteiger partial charge in [-0.2, -0.15) is 0 Å². The van der Waals surface area contributed by atoms with Gasteiger partial charge in [0.15, 0.2) is 0 Å². The number of hydrogen-bond acceptors (Lipinski definition) is 5. The van der Waals surface area contributed by atoms with Gasteiger partial charge in [-0.25, -0.2) is 0 Å². The van der Waals surface area contributed by atoms with Gasteiger partial charge in [-0.3, -0.25) is 10.1 Å². The van der Waals surface area contributed by atoms with E-state index < -0.39 is 10.8 Å². The molecule has 1 unspecified atom stereocenters. The predicted octanol–water partition coefficient (Wildman–Crippen LogP) is 4.52. The van der Waals surface area contributed by atoms with Crippen LogP contribution in [0.4, 0.5) is 0 Å². The Labute approximate surface area is 171 Å². The normalized spacial score (nSPS) is 15.9. The maximum absolute atomic E-state index is 12.1. The number of aromatic amines is 1. The Bertz CT molecular complexity index is 1370. The topological polar surface area (TPSA) is 100 Å². The number of phenols is 1. The standard InChI is InChI=1S/C23H19N3O4/c1-12-7-10-18-15(11-12)19(21(26(28)29)23(24-2)30-18)14-8-9-17-20(22(14)27)13-5-3-4-6-16(13)25-17/h3-11,19,24-25,27H,1-2H3. The fraction of sp³-hybridized carbons (Fsp3) is 0.130. The molecule has 7 heteroatoms. The Kier molecular flexibility index (Phi) is 3.92. The summed E-state index contributed by atoms with van der Waals surface area (Å²) in [5.74, 6) is -0.165. The molecule has 30 heavy (non-hydrogen) atoms. The molecular formula is C23H19N3O4. The third kappa shape index (κ3) is 2.52. The van der Waals surface area contributed by atoms with Crippen molar-refractivity contribution < 1.29 is 14.8 Å². The van der Waals surface area contributed by atoms with Crippen molar-refractivity contribution in [3.05, 3.63) is 93.0 Å². The van der Waals surface area contributed by atoms with Crippen LogP contribution in [0.25, 0.3) is 21.8 Å². The Morgan fingerprint density at radius 3 is 2.67 bits per heavy atom. The van der Waals surface area contributed by atoms with E-state index in [-0.39, 0.29) is 17.3 Å². The predicted molar refractivity (Wildman–Crippen MR) is 114 cm³/mol. The van der Waals surface area contributed by atoms with E-state index in [4.69, 9.17) is 4.74 Å². The first-order chi connectivity index (χ1) is 14.5. The minimum Gasteiger partial charge on any atom is -0.507 e. The van der Waals surface area contributed by atoms with Crippen molar-refractivity contribution in [2.75, 3.05) is 7.05 Å². The van der Waals surface area contributed by atoms with Crippen LogP contribution in [-0.4, -0.2) is 22.1 Å². The van der Waals surface area contributed by atoms with Crippen LogP contribution in [0.3, 0.4) is 0 Å². The minimum absolute atomic E-state index is 0.0270. The fourth-order valence-electron chi connectivity index (χ4n) is 4.28. The number of phenolic OH excluding ortho intramolecular Hbond substituents is 1. The Morgan fingerprint density at radius 1 is 1.10 bits per heavy atom. The number of hydrogen-bond donors (Lipinski definition) is 3. The number of aromatic hydroxyl groups is 1. The molecule has 0 radical (unpaired) electrons. The van der Waals surface area contributed by atoms with Crippen LogP contribution in [0.5, 0.6) is 11.5 Å². The van der Waals surface area contributed by atoms with Crippen molar-refractivity contribution in [1.82, 2.24) is 10.3 Å². The lowest BCUT2D eigenvalue weighted by molar-refractivity contribution is -0.432. The van der Waals surface area contributed by atoms with Crippen molar-refractivity contribution in [3.63, 3.8) is 0 Å². The molecule has 0 aliphatic carbocycles. The van der Waals surface area contributed by atoms with Crippen molar-refractivity contribution in [3.8, 4) is 11.5 Å². The number of fused-ring (bicyclic) bond motifs is 4. The first kappa shape index (κ1) is 18.1. The number of aromatic nitrogens is 1. The molecule has 3 aromatic carbocycles. The van der Waals surface area contributed by atoms with Crippen LogP contribution in [0.15, 0.2) is 66.2 Å². The molecule has 1 aliphatic rings. The number of allylic oxidation sites excluding steroid dienone is 1. The zero-order valence-corrected chi connectivity index (χ0v) is 16.4. The van der Waals surface area contributed by atoms with Crippen molar-refractivity contribution in [1.29, 1.82) is 0 Å². The van der Waals surface area contributed by atoms with Gasteiger partial charge < -0.3 is 20.1 Å². The number of para-hydroxylation sites is 1. The van der Waals surface area contributed by atoms with Crippen molar-refractivity contribution >= 4 is 21.8 Å². The highest BCUT2D eigenvalue weighted by Crippen LogP contribution is 2.48. The molecule has 2 heterocycles. The average Bonchev–Trinajstić information content (AvgIpc) is 3.12. The number of ether oxygens (including phenoxy) is 1. The van der Waals surface area contributed by atoms with Crippen LogP contribution in [0.2, 0.25) is 0 Å². The summed E-state index contributed by atoms with van der Waals surface area (Å²) in [4.78, 5) is 14.9. The number of nitrogens with zero attached hydrogens (tertiary/aromatic N) is 1. The Balaban J connectivity index is 1.85. The molecule has 1 atom stereocenters. The number of benzene rings is 3. The summed E-state index contributed by atoms with van der Waals surface area (Å²) in [6.45, 7) is 1.92. The van der Waals surface area contributed by atoms with Gasteiger partial charge >= 0.3 is 5.70 Å². The van der Waals surface area contributed by atoms with E-state index >= 15 is 0 Å². The van der Waals surface area contributed by atoms with Gasteiger partial charge in [0, 0.05) is 34.5 Å². The summed E-state index contributed by atoms with van der Waals surface area (Å²) >= 11 is 0. The van der Waals surface area contributed by atoms with E-state index in [0.29, 0.717) is 22.3 Å². The average molecular weight is 401 g/mol. The number of nitro groups is 1. The largest absolute Gasteiger partial charge is 0.507 e. The molecule has 1 aliphatic heterocycles. The van der Waals surface area contributed by atoms with E-state index in [1.54, 1.807) is 19.2 Å². The maximum atomic E-state index is 12.1. The molecule has 0 saturated heterocycles. The van der Waals surface area contributed by atoms with Gasteiger partial charge in [0.1, 0.15) is 17.4 Å². The minimum atomic E-state index is -0.788. The molecule has 3 N–H and O–H groups in total. The lowest BCUT2D eigenvalue weighted by atomic mass is 9.84. The second-order valence-corrected chi connectivity index (χ2v) is 7.39. The van der Waals surface area contributed by atoms with Crippen LogP contribution in [0, 0.1) is 17.0 Å². The third-order valence-corrected chi connectivity index (χ3v) is 5.60. The van der Waals surface area contributed by atoms with E-state index in [1.165, 1.54) is 0 Å². The number of nitrogens with one attached hydrogen (secondary N) is 2. The number of aryl methyl sites for hydroxylation is 1. The molecule has 5 rings (SSSR count). The zero-order valence-electron chi connectivity index (χ0n) is 16.4. The second-order valence-electron chi connectivity index (χ2n) is 7.39. The lowest BCUT2D eigenvalue weighted by Gasteiger charge is -2.26. The van der Waals surface area contributed by atoms with Gasteiger partial charge in [-0.05, 0) is 25.1 Å². The fourth-order valence-corrected chi connectivity index (χ4v) is 4.28. The smallest absolute Gasteiger partial charge is 0.317 e. The summed E-state index contributed by atoms with van der Waals surface area (Å²) in [7, 11) is 1.58. The summed E-state index contributed by atoms with van der Waals surface area (Å²) < 4.78 is 5.78. The van der Waals surface area contributed by atoms with Gasteiger partial charge in [0.05, 0.1) is 10.4 Å². The molecule has 0 amide bonds. The second kappa shape index (κ2) is 6.52. The van der Waals surface area contributed by atoms with Crippen molar-refractivity contribution in [2.24, 2.45) is 0 Å². The van der Waals surface area contributed by atoms with Crippen molar-refractivity contribution in [2.45, 2.75) is 12.8 Å². The summed E-state index contributed by atoms with van der Waals surface area (Å²) in [6.07, 6.45) is 0. The first-order valence-corrected chi connectivity index (χ1v) is 9.56. The van der Waals surface area contributed by atoms with E-state index in [1.807, 2.05) is 49.4 Å². The zero-order chi connectivity index (χ0) is 21.0. The Hall–Kier alpha value is -4.00. The highest BCUT2D eigenvalue weighted by Gasteiger charge is 2.41. The molecule has 0 spiro atoms. The van der Waals surface area contributed by atoms with Crippen LogP contribution >= 0.6 is 0 Å².